The van der Waals surface area contributed by atoms with Crippen LogP contribution >= 0.6 is 0 Å². The molecular formula is C33H55NO24. The largest absolute Gasteiger partial charge is 0.450 e. The highest BCUT2D eigenvalue weighted by molar-refractivity contribution is 5.75. The van der Waals surface area contributed by atoms with Crippen molar-refractivity contribution in [3.63, 3.8) is 0 Å². The maximum absolute atomic E-state index is 11.0. The summed E-state index contributed by atoms with van der Waals surface area (Å²) in [6, 6.07) is -0.954. The SMILES string of the molecule is CCC1O[C@H](OCC2O[C@H](OCC3O[C@H](OCC4O[C@@H](O[C@@H]5C(CO)O[C@@H]6OC(C)=NC6[C@H]5O)C(O)[C@@H](O)[C@@H]4O)C(O)[C@@H](O)[C@@H]3O)C(O)[C@@H](O)[C@@H]2O)C(O)[C@@H](O)[C@@H]1O. The van der Waals surface area contributed by atoms with E-state index < -0.39 is 180 Å². The van der Waals surface area contributed by atoms with Crippen LogP contribution in [-0.4, -0.2) is 257 Å². The molecule has 5 fully saturated rings. The summed E-state index contributed by atoms with van der Waals surface area (Å²) in [6.45, 7) is 0.544. The molecule has 0 aromatic rings. The molecule has 0 aliphatic carbocycles. The minimum Gasteiger partial charge on any atom is -0.450 e. The molecule has 5 saturated heterocycles. The molecule has 25 atom stereocenters. The number of hydrogen-bond donors (Lipinski definition) is 14. The van der Waals surface area contributed by atoms with Crippen molar-refractivity contribution < 1.29 is 119 Å². The first-order chi connectivity index (χ1) is 27.5. The Morgan fingerprint density at radius 1 is 0.466 bits per heavy atom. The number of aliphatic hydroxyl groups excluding tert-OH is 14. The topological polar surface area (TPSA) is 388 Å². The van der Waals surface area contributed by atoms with Crippen LogP contribution in [0, 0.1) is 0 Å². The Hall–Kier alpha value is -1.45. The molecule has 10 unspecified atom stereocenters. The second kappa shape index (κ2) is 19.3. The van der Waals surface area contributed by atoms with E-state index in [1.165, 1.54) is 6.92 Å². The van der Waals surface area contributed by atoms with Gasteiger partial charge in [0.25, 0.3) is 0 Å². The van der Waals surface area contributed by atoms with E-state index in [1.807, 2.05) is 0 Å². The molecule has 6 rings (SSSR count). The first-order valence-corrected chi connectivity index (χ1v) is 18.9. The van der Waals surface area contributed by atoms with Crippen LogP contribution < -0.4 is 0 Å². The van der Waals surface area contributed by atoms with Gasteiger partial charge in [-0.3, -0.25) is 0 Å². The van der Waals surface area contributed by atoms with Gasteiger partial charge in [0.15, 0.2) is 31.1 Å². The summed E-state index contributed by atoms with van der Waals surface area (Å²) in [4.78, 5) is 4.15. The van der Waals surface area contributed by atoms with Crippen LogP contribution in [0.25, 0.3) is 0 Å². The average molecular weight is 850 g/mol. The van der Waals surface area contributed by atoms with E-state index >= 15 is 0 Å². The van der Waals surface area contributed by atoms with Gasteiger partial charge in [0.2, 0.25) is 6.29 Å². The quantitative estimate of drug-likeness (QED) is 0.0818. The summed E-state index contributed by atoms with van der Waals surface area (Å²) in [5.74, 6) is 0.214. The van der Waals surface area contributed by atoms with E-state index in [1.54, 1.807) is 6.92 Å². The fraction of sp³-hybridized carbons (Fsp3) is 0.970. The fourth-order valence-electron chi connectivity index (χ4n) is 7.53. The summed E-state index contributed by atoms with van der Waals surface area (Å²) >= 11 is 0. The average Bonchev–Trinajstić information content (AvgIpc) is 3.59. The highest BCUT2D eigenvalue weighted by atomic mass is 16.8. The summed E-state index contributed by atoms with van der Waals surface area (Å²) in [5, 5.41) is 147. The van der Waals surface area contributed by atoms with Crippen molar-refractivity contribution in [1.29, 1.82) is 0 Å². The summed E-state index contributed by atoms with van der Waals surface area (Å²) in [7, 11) is 0. The third-order valence-corrected chi connectivity index (χ3v) is 11.1. The molecule has 14 N–H and O–H groups in total. The van der Waals surface area contributed by atoms with Crippen LogP contribution in [0.1, 0.15) is 20.3 Å². The molecule has 336 valence electrons. The molecule has 6 heterocycles. The number of ether oxygens (including phenoxy) is 10. The maximum atomic E-state index is 11.0. The number of rotatable bonds is 13. The second-order valence-corrected chi connectivity index (χ2v) is 15.0. The lowest BCUT2D eigenvalue weighted by Crippen LogP contribution is -2.64. The van der Waals surface area contributed by atoms with Gasteiger partial charge in [0.1, 0.15) is 116 Å². The van der Waals surface area contributed by atoms with E-state index in [4.69, 9.17) is 47.4 Å². The zero-order chi connectivity index (χ0) is 42.3. The number of nitrogens with zero attached hydrogens (tertiary/aromatic N) is 1. The molecule has 6 aliphatic rings. The van der Waals surface area contributed by atoms with Gasteiger partial charge in [0, 0.05) is 6.92 Å². The fourth-order valence-corrected chi connectivity index (χ4v) is 7.53. The molecule has 0 saturated carbocycles. The molecule has 0 amide bonds. The zero-order valence-corrected chi connectivity index (χ0v) is 31.3. The van der Waals surface area contributed by atoms with Gasteiger partial charge >= 0.3 is 0 Å². The van der Waals surface area contributed by atoms with Crippen LogP contribution in [0.5, 0.6) is 0 Å². The maximum Gasteiger partial charge on any atom is 0.227 e. The molecule has 0 aromatic carbocycles. The molecule has 25 heteroatoms. The van der Waals surface area contributed by atoms with Gasteiger partial charge < -0.3 is 119 Å². The summed E-state index contributed by atoms with van der Waals surface area (Å²) in [6.07, 6.45) is -38.4. The lowest BCUT2D eigenvalue weighted by atomic mass is 9.96. The van der Waals surface area contributed by atoms with Crippen molar-refractivity contribution in [2.24, 2.45) is 4.99 Å². The predicted octanol–water partition coefficient (Wildman–Crippen LogP) is -9.04. The Balaban J connectivity index is 1.04. The Kier molecular flexibility index (Phi) is 15.3. The smallest absolute Gasteiger partial charge is 0.227 e. The van der Waals surface area contributed by atoms with E-state index in [-0.39, 0.29) is 12.3 Å². The summed E-state index contributed by atoms with van der Waals surface area (Å²) < 4.78 is 55.8. The van der Waals surface area contributed by atoms with Gasteiger partial charge in [-0.05, 0) is 6.42 Å². The highest BCUT2D eigenvalue weighted by Gasteiger charge is 2.54. The van der Waals surface area contributed by atoms with Crippen LogP contribution in [-0.2, 0) is 47.4 Å². The first kappa shape index (κ1) is 46.1. The lowest BCUT2D eigenvalue weighted by Gasteiger charge is -2.46. The number of fused-ring (bicyclic) bond motifs is 1. The van der Waals surface area contributed by atoms with Crippen LogP contribution in [0.2, 0.25) is 0 Å². The standard InChI is InChI=1S/C33H55NO24/c1-3-9-15(36)20(41)24(45)30(53-9)49-5-11-16(37)21(42)25(46)31(55-11)50-6-12-17(38)22(43)26(47)32(56-12)51-7-13-18(39)23(44)27(48)33(57-13)58-28-10(4-35)54-29-14(19(28)40)34-8(2)52-29/h9-33,35-48H,3-7H2,1-2H3/t9?,10?,11?,12?,13?,14?,15-,16-,17-,18-,19-,20+,21+,22+,23+,24?,25?,26?,27?,28-,29+,30+,31+,32+,33+/m1/s1. The molecule has 0 spiro atoms. The zero-order valence-electron chi connectivity index (χ0n) is 31.3. The van der Waals surface area contributed by atoms with E-state index in [0.717, 1.165) is 0 Å². The van der Waals surface area contributed by atoms with Crippen LogP contribution in [0.4, 0.5) is 0 Å². The molecule has 25 nitrogen and oxygen atoms in total. The van der Waals surface area contributed by atoms with Gasteiger partial charge in [-0.25, -0.2) is 4.99 Å². The van der Waals surface area contributed by atoms with Gasteiger partial charge in [-0.1, -0.05) is 6.92 Å². The van der Waals surface area contributed by atoms with Crippen LogP contribution in [0.3, 0.4) is 0 Å². The van der Waals surface area contributed by atoms with E-state index in [0.29, 0.717) is 0 Å². The second-order valence-electron chi connectivity index (χ2n) is 15.0. The number of aliphatic imine (C=N–C) groups is 1. The van der Waals surface area contributed by atoms with E-state index in [9.17, 15) is 71.5 Å². The van der Waals surface area contributed by atoms with Gasteiger partial charge in [-0.2, -0.15) is 0 Å². The van der Waals surface area contributed by atoms with Crippen molar-refractivity contribution in [1.82, 2.24) is 0 Å². The molecule has 0 radical (unpaired) electrons. The van der Waals surface area contributed by atoms with Gasteiger partial charge in [0.05, 0.1) is 32.5 Å². The molecule has 0 aromatic heterocycles. The normalized spacial score (nSPS) is 52.5. The Labute approximate surface area is 330 Å². The first-order valence-electron chi connectivity index (χ1n) is 18.9. The lowest BCUT2D eigenvalue weighted by molar-refractivity contribution is -0.356. The van der Waals surface area contributed by atoms with Crippen molar-refractivity contribution in [2.45, 2.75) is 174 Å². The third kappa shape index (κ3) is 9.32. The molecular weight excluding hydrogens is 794 g/mol. The molecule has 0 bridgehead atoms. The summed E-state index contributed by atoms with van der Waals surface area (Å²) in [5.41, 5.74) is 0. The van der Waals surface area contributed by atoms with Crippen molar-refractivity contribution in [3.05, 3.63) is 0 Å². The van der Waals surface area contributed by atoms with Crippen molar-refractivity contribution in [2.75, 3.05) is 26.4 Å². The molecule has 58 heavy (non-hydrogen) atoms. The van der Waals surface area contributed by atoms with Crippen molar-refractivity contribution in [3.8, 4) is 0 Å². The highest BCUT2D eigenvalue weighted by Crippen LogP contribution is 2.34. The Bertz CT molecular complexity index is 1350. The van der Waals surface area contributed by atoms with Gasteiger partial charge in [-0.15, -0.1) is 0 Å². The minimum absolute atomic E-state index is 0.214. The number of hydrogen-bond acceptors (Lipinski definition) is 25. The molecule has 6 aliphatic heterocycles. The Morgan fingerprint density at radius 3 is 1.26 bits per heavy atom. The predicted molar refractivity (Wildman–Crippen MR) is 179 cm³/mol. The Morgan fingerprint density at radius 2 is 0.845 bits per heavy atom. The van der Waals surface area contributed by atoms with Crippen LogP contribution in [0.15, 0.2) is 4.99 Å². The minimum atomic E-state index is -1.93. The van der Waals surface area contributed by atoms with Crippen molar-refractivity contribution >= 4 is 5.90 Å². The number of aliphatic hydroxyl groups is 14. The monoisotopic (exact) mass is 849 g/mol. The third-order valence-electron chi connectivity index (χ3n) is 11.1. The van der Waals surface area contributed by atoms with E-state index in [2.05, 4.69) is 4.99 Å².